The topological polar surface area (TPSA) is 97.4 Å². The summed E-state index contributed by atoms with van der Waals surface area (Å²) < 4.78 is 5.25. The maximum atomic E-state index is 12.4. The van der Waals surface area contributed by atoms with Gasteiger partial charge in [0.2, 0.25) is 5.91 Å². The van der Waals surface area contributed by atoms with Crippen molar-refractivity contribution in [2.75, 3.05) is 10.6 Å². The summed E-state index contributed by atoms with van der Waals surface area (Å²) in [5, 5.41) is 7.12. The van der Waals surface area contributed by atoms with Crippen LogP contribution in [0.2, 0.25) is 0 Å². The van der Waals surface area contributed by atoms with Gasteiger partial charge in [-0.2, -0.15) is 0 Å². The normalized spacial score (nSPS) is 16.0. The number of thioether (sulfide) groups is 1. The number of esters is 1. The van der Waals surface area contributed by atoms with Crippen LogP contribution >= 0.6 is 23.1 Å². The van der Waals surface area contributed by atoms with Crippen molar-refractivity contribution in [2.24, 2.45) is 0 Å². The number of aromatic nitrogens is 1. The zero-order chi connectivity index (χ0) is 21.8. The smallest absolute Gasteiger partial charge is 0.308 e. The van der Waals surface area contributed by atoms with Gasteiger partial charge < -0.3 is 10.1 Å². The number of carbonyl (C=O) groups is 3. The predicted octanol–water partition coefficient (Wildman–Crippen LogP) is 4.18. The summed E-state index contributed by atoms with van der Waals surface area (Å²) in [6.45, 7) is 1.49. The Bertz CT molecular complexity index is 1120. The monoisotopic (exact) mass is 453 g/mol. The van der Waals surface area contributed by atoms with E-state index in [-0.39, 0.29) is 12.3 Å². The second kappa shape index (κ2) is 9.32. The number of hydrogen-bond donors (Lipinski definition) is 2. The summed E-state index contributed by atoms with van der Waals surface area (Å²) in [7, 11) is 0. The van der Waals surface area contributed by atoms with E-state index in [4.69, 9.17) is 4.74 Å². The molecule has 2 amide bonds. The number of nitrogens with zero attached hydrogens (tertiary/aromatic N) is 1. The summed E-state index contributed by atoms with van der Waals surface area (Å²) in [4.78, 5) is 42.3. The van der Waals surface area contributed by atoms with Crippen molar-refractivity contribution in [1.29, 1.82) is 0 Å². The van der Waals surface area contributed by atoms with Crippen molar-refractivity contribution >= 4 is 51.7 Å². The lowest BCUT2D eigenvalue weighted by Crippen LogP contribution is -2.34. The largest absolute Gasteiger partial charge is 0.452 e. The Balaban J connectivity index is 1.30. The van der Waals surface area contributed by atoms with E-state index < -0.39 is 23.2 Å². The van der Waals surface area contributed by atoms with Crippen molar-refractivity contribution in [3.05, 3.63) is 60.0 Å². The van der Waals surface area contributed by atoms with Crippen molar-refractivity contribution < 1.29 is 19.1 Å². The lowest BCUT2D eigenvalue weighted by Gasteiger charge is -2.23. The van der Waals surface area contributed by atoms with Crippen LogP contribution in [0.1, 0.15) is 13.3 Å². The van der Waals surface area contributed by atoms with Crippen LogP contribution in [0.4, 0.5) is 10.8 Å². The average Bonchev–Trinajstić information content (AvgIpc) is 3.23. The molecule has 31 heavy (non-hydrogen) atoms. The molecule has 0 spiro atoms. The summed E-state index contributed by atoms with van der Waals surface area (Å²) in [5.41, 5.74) is 2.43. The van der Waals surface area contributed by atoms with Crippen molar-refractivity contribution in [3.8, 4) is 11.3 Å². The zero-order valence-electron chi connectivity index (χ0n) is 16.5. The fraction of sp³-hybridized carbons (Fsp3) is 0.182. The molecule has 0 saturated carbocycles. The van der Waals surface area contributed by atoms with E-state index >= 15 is 0 Å². The predicted molar refractivity (Wildman–Crippen MR) is 121 cm³/mol. The van der Waals surface area contributed by atoms with Gasteiger partial charge in [0.1, 0.15) is 0 Å². The highest BCUT2D eigenvalue weighted by molar-refractivity contribution is 8.01. The first-order valence-electron chi connectivity index (χ1n) is 9.57. The van der Waals surface area contributed by atoms with Gasteiger partial charge in [0.15, 0.2) is 11.2 Å². The van der Waals surface area contributed by atoms with Gasteiger partial charge in [-0.15, -0.1) is 23.1 Å². The van der Waals surface area contributed by atoms with Gasteiger partial charge in [-0.1, -0.05) is 42.5 Å². The number of anilines is 2. The number of benzene rings is 2. The van der Waals surface area contributed by atoms with Crippen molar-refractivity contribution in [3.63, 3.8) is 0 Å². The van der Waals surface area contributed by atoms with Crippen molar-refractivity contribution in [1.82, 2.24) is 4.98 Å². The molecular formula is C22H19N3O4S2. The molecule has 0 bridgehead atoms. The van der Waals surface area contributed by atoms with Crippen LogP contribution in [0, 0.1) is 0 Å². The highest BCUT2D eigenvalue weighted by Gasteiger charge is 2.30. The molecule has 4 rings (SSSR count). The maximum Gasteiger partial charge on any atom is 0.308 e. The van der Waals surface area contributed by atoms with E-state index in [0.717, 1.165) is 21.8 Å². The molecule has 9 heteroatoms. The van der Waals surface area contributed by atoms with E-state index in [0.29, 0.717) is 5.13 Å². The highest BCUT2D eigenvalue weighted by Crippen LogP contribution is 2.36. The molecule has 0 radical (unpaired) electrons. The first kappa shape index (κ1) is 21.1. The minimum atomic E-state index is -1.01. The molecule has 0 saturated heterocycles. The minimum Gasteiger partial charge on any atom is -0.452 e. The molecule has 1 aliphatic heterocycles. The number of nitrogens with one attached hydrogen (secondary N) is 2. The Morgan fingerprint density at radius 3 is 2.71 bits per heavy atom. The molecule has 7 nitrogen and oxygen atoms in total. The molecule has 1 aliphatic rings. The molecule has 0 aliphatic carbocycles. The van der Waals surface area contributed by atoms with E-state index in [1.54, 1.807) is 0 Å². The molecule has 2 heterocycles. The molecule has 1 aromatic heterocycles. The fourth-order valence-corrected chi connectivity index (χ4v) is 4.77. The zero-order valence-corrected chi connectivity index (χ0v) is 18.2. The number of rotatable bonds is 6. The van der Waals surface area contributed by atoms with Crippen LogP contribution in [-0.4, -0.2) is 34.1 Å². The molecule has 2 N–H and O–H groups in total. The van der Waals surface area contributed by atoms with Crippen LogP contribution in [0.15, 0.2) is 64.9 Å². The lowest BCUT2D eigenvalue weighted by molar-refractivity contribution is -0.153. The number of hydrogen-bond acceptors (Lipinski definition) is 7. The number of carbonyl (C=O) groups excluding carboxylic acids is 3. The Hall–Kier alpha value is -3.17. The third kappa shape index (κ3) is 5.12. The molecule has 3 aromatic rings. The second-order valence-electron chi connectivity index (χ2n) is 6.82. The SMILES string of the molecule is C[C@H](OC(=O)C[C@@H]1Sc2ccccc2NC1=O)C(=O)Nc1nc(-c2ccccc2)cs1. The average molecular weight is 454 g/mol. The summed E-state index contributed by atoms with van der Waals surface area (Å²) in [6.07, 6.45) is -1.14. The van der Waals surface area contributed by atoms with E-state index in [1.807, 2.05) is 60.0 Å². The van der Waals surface area contributed by atoms with Gasteiger partial charge in [0.25, 0.3) is 5.91 Å². The Kier molecular flexibility index (Phi) is 6.34. The highest BCUT2D eigenvalue weighted by atomic mass is 32.2. The lowest BCUT2D eigenvalue weighted by atomic mass is 10.2. The number of amides is 2. The molecular weight excluding hydrogens is 434 g/mol. The quantitative estimate of drug-likeness (QED) is 0.544. The summed E-state index contributed by atoms with van der Waals surface area (Å²) in [5.74, 6) is -1.35. The van der Waals surface area contributed by atoms with Gasteiger partial charge in [0, 0.05) is 15.8 Å². The van der Waals surface area contributed by atoms with Gasteiger partial charge in [0.05, 0.1) is 23.1 Å². The standard InChI is InChI=1S/C22H19N3O4S2/c1-13(20(27)25-22-24-16(12-30-22)14-7-3-2-4-8-14)29-19(26)11-18-21(28)23-15-9-5-6-10-17(15)31-18/h2-10,12-13,18H,11H2,1H3,(H,23,28)(H,24,25,27)/t13-,18-/m0/s1. The maximum absolute atomic E-state index is 12.4. The van der Waals surface area contributed by atoms with Crippen LogP contribution in [0.5, 0.6) is 0 Å². The Morgan fingerprint density at radius 2 is 1.90 bits per heavy atom. The van der Waals surface area contributed by atoms with Gasteiger partial charge >= 0.3 is 5.97 Å². The molecule has 0 unspecified atom stereocenters. The van der Waals surface area contributed by atoms with Gasteiger partial charge in [-0.25, -0.2) is 4.98 Å². The molecule has 158 valence electrons. The van der Waals surface area contributed by atoms with Crippen LogP contribution in [-0.2, 0) is 19.1 Å². The van der Waals surface area contributed by atoms with Crippen LogP contribution < -0.4 is 10.6 Å². The first-order valence-corrected chi connectivity index (χ1v) is 11.3. The second-order valence-corrected chi connectivity index (χ2v) is 8.92. The summed E-state index contributed by atoms with van der Waals surface area (Å²) in [6, 6.07) is 17.0. The van der Waals surface area contributed by atoms with Gasteiger partial charge in [-0.05, 0) is 19.1 Å². The van der Waals surface area contributed by atoms with Crippen LogP contribution in [0.25, 0.3) is 11.3 Å². The van der Waals surface area contributed by atoms with E-state index in [1.165, 1.54) is 30.0 Å². The number of thiazole rings is 1. The Labute approximate surface area is 187 Å². The van der Waals surface area contributed by atoms with E-state index in [9.17, 15) is 14.4 Å². The fourth-order valence-electron chi connectivity index (χ4n) is 2.96. The number of ether oxygens (including phenoxy) is 1. The summed E-state index contributed by atoms with van der Waals surface area (Å²) >= 11 is 2.60. The van der Waals surface area contributed by atoms with Gasteiger partial charge in [-0.3, -0.25) is 19.7 Å². The first-order chi connectivity index (χ1) is 15.0. The molecule has 2 atom stereocenters. The number of para-hydroxylation sites is 1. The third-order valence-electron chi connectivity index (χ3n) is 4.54. The molecule has 0 fully saturated rings. The molecule has 2 aromatic carbocycles. The van der Waals surface area contributed by atoms with Crippen molar-refractivity contribution in [2.45, 2.75) is 29.6 Å². The van der Waals surface area contributed by atoms with Crippen LogP contribution in [0.3, 0.4) is 0 Å². The number of fused-ring (bicyclic) bond motifs is 1. The minimum absolute atomic E-state index is 0.127. The third-order valence-corrected chi connectivity index (χ3v) is 6.57. The Morgan fingerprint density at radius 1 is 1.16 bits per heavy atom. The van der Waals surface area contributed by atoms with E-state index in [2.05, 4.69) is 15.6 Å².